The van der Waals surface area contributed by atoms with Crippen molar-refractivity contribution in [3.8, 4) is 0 Å². The van der Waals surface area contributed by atoms with Crippen LogP contribution in [-0.2, 0) is 11.2 Å². The van der Waals surface area contributed by atoms with Gasteiger partial charge in [-0.15, -0.1) is 0 Å². The average molecular weight is 272 g/mol. The van der Waals surface area contributed by atoms with E-state index in [-0.39, 0.29) is 5.91 Å². The fourth-order valence-corrected chi connectivity index (χ4v) is 1.46. The standard InChI is InChI=1S/C11H14BrNO2/c1-13(11(15)8-14)7-6-9-2-4-10(12)5-3-9/h2-5,14H,6-8H2,1H3. The quantitative estimate of drug-likeness (QED) is 0.901. The van der Waals surface area contributed by atoms with Gasteiger partial charge in [0.15, 0.2) is 0 Å². The number of rotatable bonds is 4. The number of aliphatic hydroxyl groups is 1. The molecule has 0 bridgehead atoms. The van der Waals surface area contributed by atoms with Crippen LogP contribution >= 0.6 is 15.9 Å². The normalized spacial score (nSPS) is 10.1. The molecule has 1 amide bonds. The number of likely N-dealkylation sites (N-methyl/N-ethyl adjacent to an activating group) is 1. The van der Waals surface area contributed by atoms with Gasteiger partial charge in [-0.1, -0.05) is 28.1 Å². The van der Waals surface area contributed by atoms with E-state index in [1.54, 1.807) is 7.05 Å². The molecule has 1 aromatic rings. The van der Waals surface area contributed by atoms with Crippen LogP contribution < -0.4 is 0 Å². The highest BCUT2D eigenvalue weighted by molar-refractivity contribution is 9.10. The second kappa shape index (κ2) is 5.88. The number of nitrogens with zero attached hydrogens (tertiary/aromatic N) is 1. The molecular weight excluding hydrogens is 258 g/mol. The van der Waals surface area contributed by atoms with Crippen LogP contribution in [0.1, 0.15) is 5.56 Å². The highest BCUT2D eigenvalue weighted by Gasteiger charge is 2.05. The summed E-state index contributed by atoms with van der Waals surface area (Å²) in [6.45, 7) is 0.206. The lowest BCUT2D eigenvalue weighted by Gasteiger charge is -2.15. The van der Waals surface area contributed by atoms with Crippen molar-refractivity contribution >= 4 is 21.8 Å². The van der Waals surface area contributed by atoms with E-state index in [1.165, 1.54) is 10.5 Å². The van der Waals surface area contributed by atoms with Crippen LogP contribution in [0.15, 0.2) is 28.7 Å². The van der Waals surface area contributed by atoms with Crippen LogP contribution in [0.4, 0.5) is 0 Å². The maximum atomic E-state index is 11.1. The monoisotopic (exact) mass is 271 g/mol. The largest absolute Gasteiger partial charge is 0.387 e. The van der Waals surface area contributed by atoms with Gasteiger partial charge in [-0.05, 0) is 24.1 Å². The van der Waals surface area contributed by atoms with Crippen LogP contribution in [0.3, 0.4) is 0 Å². The number of benzene rings is 1. The number of halogens is 1. The van der Waals surface area contributed by atoms with Crippen molar-refractivity contribution in [3.63, 3.8) is 0 Å². The number of hydrogen-bond acceptors (Lipinski definition) is 2. The summed E-state index contributed by atoms with van der Waals surface area (Å²) >= 11 is 3.36. The van der Waals surface area contributed by atoms with Crippen molar-refractivity contribution < 1.29 is 9.90 Å². The van der Waals surface area contributed by atoms with Gasteiger partial charge < -0.3 is 10.0 Å². The minimum Gasteiger partial charge on any atom is -0.387 e. The number of carbonyl (C=O) groups is 1. The molecule has 0 aliphatic rings. The van der Waals surface area contributed by atoms with Crippen LogP contribution in [0.25, 0.3) is 0 Å². The van der Waals surface area contributed by atoms with Crippen LogP contribution in [0, 0.1) is 0 Å². The summed E-state index contributed by atoms with van der Waals surface area (Å²) in [5.41, 5.74) is 1.18. The molecule has 0 heterocycles. The molecule has 1 N–H and O–H groups in total. The zero-order chi connectivity index (χ0) is 11.3. The van der Waals surface area contributed by atoms with Gasteiger partial charge in [0, 0.05) is 18.1 Å². The predicted octanol–water partition coefficient (Wildman–Crippen LogP) is 1.44. The van der Waals surface area contributed by atoms with E-state index in [0.29, 0.717) is 6.54 Å². The lowest BCUT2D eigenvalue weighted by atomic mass is 10.1. The molecule has 1 rings (SSSR count). The Kier molecular flexibility index (Phi) is 4.78. The average Bonchev–Trinajstić information content (AvgIpc) is 2.26. The summed E-state index contributed by atoms with van der Waals surface area (Å²) in [6.07, 6.45) is 0.801. The minimum atomic E-state index is -0.420. The molecule has 0 atom stereocenters. The van der Waals surface area contributed by atoms with E-state index in [0.717, 1.165) is 10.9 Å². The summed E-state index contributed by atoms with van der Waals surface area (Å²) in [6, 6.07) is 7.98. The fourth-order valence-electron chi connectivity index (χ4n) is 1.19. The molecule has 82 valence electrons. The molecule has 0 aliphatic heterocycles. The lowest BCUT2D eigenvalue weighted by molar-refractivity contribution is -0.132. The first kappa shape index (κ1) is 12.2. The Labute approximate surface area is 97.8 Å². The number of carbonyl (C=O) groups excluding carboxylic acids is 1. The van der Waals surface area contributed by atoms with Gasteiger partial charge in [-0.3, -0.25) is 4.79 Å². The summed E-state index contributed by atoms with van der Waals surface area (Å²) in [7, 11) is 1.69. The van der Waals surface area contributed by atoms with Crippen molar-refractivity contribution in [2.45, 2.75) is 6.42 Å². The Bertz CT molecular complexity index is 324. The Morgan fingerprint density at radius 3 is 2.53 bits per heavy atom. The van der Waals surface area contributed by atoms with Gasteiger partial charge >= 0.3 is 0 Å². The smallest absolute Gasteiger partial charge is 0.248 e. The fraction of sp³-hybridized carbons (Fsp3) is 0.364. The summed E-state index contributed by atoms with van der Waals surface area (Å²) in [5.74, 6) is -0.243. The Morgan fingerprint density at radius 2 is 2.00 bits per heavy atom. The van der Waals surface area contributed by atoms with Gasteiger partial charge in [-0.25, -0.2) is 0 Å². The second-order valence-corrected chi connectivity index (χ2v) is 4.27. The Balaban J connectivity index is 2.43. The molecule has 15 heavy (non-hydrogen) atoms. The topological polar surface area (TPSA) is 40.5 Å². The molecule has 0 aromatic heterocycles. The Hall–Kier alpha value is -0.870. The van der Waals surface area contributed by atoms with Crippen molar-refractivity contribution in [2.75, 3.05) is 20.2 Å². The van der Waals surface area contributed by atoms with Gasteiger partial charge in [-0.2, -0.15) is 0 Å². The molecule has 3 nitrogen and oxygen atoms in total. The highest BCUT2D eigenvalue weighted by atomic mass is 79.9. The van der Waals surface area contributed by atoms with Crippen LogP contribution in [0.2, 0.25) is 0 Å². The van der Waals surface area contributed by atoms with Crippen LogP contribution in [-0.4, -0.2) is 36.1 Å². The zero-order valence-electron chi connectivity index (χ0n) is 8.61. The van der Waals surface area contributed by atoms with Crippen molar-refractivity contribution in [3.05, 3.63) is 34.3 Å². The van der Waals surface area contributed by atoms with Crippen molar-refractivity contribution in [1.29, 1.82) is 0 Å². The van der Waals surface area contributed by atoms with Crippen molar-refractivity contribution in [1.82, 2.24) is 4.90 Å². The van der Waals surface area contributed by atoms with Crippen LogP contribution in [0.5, 0.6) is 0 Å². The van der Waals surface area contributed by atoms with E-state index in [4.69, 9.17) is 5.11 Å². The molecule has 0 saturated carbocycles. The molecule has 0 unspecified atom stereocenters. The van der Waals surface area contributed by atoms with E-state index < -0.39 is 6.61 Å². The van der Waals surface area contributed by atoms with E-state index in [1.807, 2.05) is 24.3 Å². The molecular formula is C11H14BrNO2. The van der Waals surface area contributed by atoms with E-state index >= 15 is 0 Å². The molecule has 0 saturated heterocycles. The van der Waals surface area contributed by atoms with Gasteiger partial charge in [0.2, 0.25) is 5.91 Å². The summed E-state index contributed by atoms with van der Waals surface area (Å²) in [5, 5.41) is 8.64. The van der Waals surface area contributed by atoms with Gasteiger partial charge in [0.05, 0.1) is 0 Å². The number of aliphatic hydroxyl groups excluding tert-OH is 1. The first-order chi connectivity index (χ1) is 7.13. The minimum absolute atomic E-state index is 0.243. The van der Waals surface area contributed by atoms with Gasteiger partial charge in [0.25, 0.3) is 0 Å². The summed E-state index contributed by atoms with van der Waals surface area (Å²) in [4.78, 5) is 12.6. The maximum Gasteiger partial charge on any atom is 0.248 e. The molecule has 1 aromatic carbocycles. The maximum absolute atomic E-state index is 11.1. The summed E-state index contributed by atoms with van der Waals surface area (Å²) < 4.78 is 1.05. The highest BCUT2D eigenvalue weighted by Crippen LogP contribution is 2.10. The van der Waals surface area contributed by atoms with E-state index in [9.17, 15) is 4.79 Å². The molecule has 0 fully saturated rings. The third-order valence-electron chi connectivity index (χ3n) is 2.21. The third-order valence-corrected chi connectivity index (χ3v) is 2.74. The first-order valence-corrected chi connectivity index (χ1v) is 5.52. The zero-order valence-corrected chi connectivity index (χ0v) is 10.2. The van der Waals surface area contributed by atoms with E-state index in [2.05, 4.69) is 15.9 Å². The molecule has 0 aliphatic carbocycles. The first-order valence-electron chi connectivity index (χ1n) is 4.72. The lowest BCUT2D eigenvalue weighted by Crippen LogP contribution is -2.31. The Morgan fingerprint density at radius 1 is 1.40 bits per heavy atom. The molecule has 0 radical (unpaired) electrons. The predicted molar refractivity (Wildman–Crippen MR) is 62.6 cm³/mol. The molecule has 0 spiro atoms. The number of hydrogen-bond donors (Lipinski definition) is 1. The molecule has 4 heteroatoms. The second-order valence-electron chi connectivity index (χ2n) is 3.35. The SMILES string of the molecule is CN(CCc1ccc(Br)cc1)C(=O)CO. The van der Waals surface area contributed by atoms with Gasteiger partial charge in [0.1, 0.15) is 6.61 Å². The third kappa shape index (κ3) is 4.01. The van der Waals surface area contributed by atoms with Crippen molar-refractivity contribution in [2.24, 2.45) is 0 Å². The number of amides is 1.